The molecule has 0 aliphatic carbocycles. The molecule has 0 bridgehead atoms. The molecule has 3 aromatic rings. The van der Waals surface area contributed by atoms with Gasteiger partial charge in [0, 0.05) is 0 Å². The highest BCUT2D eigenvalue weighted by Gasteiger charge is 2.07. The number of benzene rings is 2. The molecule has 1 N–H and O–H groups in total. The highest BCUT2D eigenvalue weighted by Crippen LogP contribution is 2.29. The Kier molecular flexibility index (Phi) is 13.5. The normalized spacial score (nSPS) is 9.32. The van der Waals surface area contributed by atoms with Gasteiger partial charge >= 0.3 is 0 Å². The van der Waals surface area contributed by atoms with Crippen molar-refractivity contribution in [3.05, 3.63) is 47.8 Å². The van der Waals surface area contributed by atoms with Crippen LogP contribution in [0.4, 0.5) is 0 Å². The van der Waals surface area contributed by atoms with Crippen LogP contribution in [0.5, 0.6) is 5.75 Å². The van der Waals surface area contributed by atoms with E-state index in [-0.39, 0.29) is 0 Å². The van der Waals surface area contributed by atoms with Crippen molar-refractivity contribution in [3.63, 3.8) is 0 Å². The minimum Gasteiger partial charge on any atom is -0.493 e. The third kappa shape index (κ3) is 7.03. The number of ether oxygens (including phenoxy) is 1. The molecule has 0 aliphatic rings. The van der Waals surface area contributed by atoms with Crippen molar-refractivity contribution in [1.82, 2.24) is 9.97 Å². The Balaban J connectivity index is 0.00000111. The maximum atomic E-state index is 5.83. The van der Waals surface area contributed by atoms with E-state index in [1.165, 1.54) is 16.7 Å². The quantitative estimate of drug-likeness (QED) is 0.484. The first kappa shape index (κ1) is 25.7. The summed E-state index contributed by atoms with van der Waals surface area (Å²) in [6.45, 7) is 19.0. The average molecular weight is 385 g/mol. The summed E-state index contributed by atoms with van der Waals surface area (Å²) in [7, 11) is 0. The number of nitrogens with zero attached hydrogens (tertiary/aromatic N) is 1. The molecular weight excluding hydrogens is 344 g/mol. The maximum absolute atomic E-state index is 5.83. The summed E-state index contributed by atoms with van der Waals surface area (Å²) in [6, 6.07) is 12.8. The second-order valence-corrected chi connectivity index (χ2v) is 5.58. The number of hydrogen-bond donors (Lipinski definition) is 1. The van der Waals surface area contributed by atoms with Crippen LogP contribution in [0, 0.1) is 6.92 Å². The van der Waals surface area contributed by atoms with E-state index in [0.717, 1.165) is 42.1 Å². The van der Waals surface area contributed by atoms with Crippen LogP contribution in [-0.4, -0.2) is 16.6 Å². The minimum absolute atomic E-state index is 0.770. The monoisotopic (exact) mass is 384 g/mol. The van der Waals surface area contributed by atoms with Gasteiger partial charge in [-0.3, -0.25) is 0 Å². The van der Waals surface area contributed by atoms with Crippen LogP contribution in [-0.2, 0) is 6.42 Å². The van der Waals surface area contributed by atoms with Crippen molar-refractivity contribution in [3.8, 4) is 16.9 Å². The van der Waals surface area contributed by atoms with E-state index in [0.29, 0.717) is 0 Å². The third-order valence-corrected chi connectivity index (χ3v) is 3.84. The standard InChI is InChI=1S/C19H22N2O.3C2H6/c1-4-10-22-19-9-7-15(11-14(19)5-2)16-6-8-17-18(12-16)21-13(3)20-17;3*1-2/h6-9,11-12H,4-5,10H2,1-3H3,(H,20,21);3*1-2H3. The highest BCUT2D eigenvalue weighted by atomic mass is 16.5. The van der Waals surface area contributed by atoms with E-state index < -0.39 is 0 Å². The predicted molar refractivity (Wildman–Crippen MR) is 125 cm³/mol. The van der Waals surface area contributed by atoms with Gasteiger partial charge in [0.05, 0.1) is 17.6 Å². The number of hydrogen-bond acceptors (Lipinski definition) is 2. The zero-order valence-corrected chi connectivity index (χ0v) is 19.4. The first-order valence-corrected chi connectivity index (χ1v) is 10.9. The Labute approximate surface area is 172 Å². The second-order valence-electron chi connectivity index (χ2n) is 5.58. The minimum atomic E-state index is 0.770. The molecule has 3 heteroatoms. The van der Waals surface area contributed by atoms with E-state index >= 15 is 0 Å². The second kappa shape index (κ2) is 14.7. The van der Waals surface area contributed by atoms with Crippen LogP contribution in [0.1, 0.15) is 73.2 Å². The number of rotatable bonds is 5. The van der Waals surface area contributed by atoms with Gasteiger partial charge in [-0.05, 0) is 60.7 Å². The smallest absolute Gasteiger partial charge is 0.122 e. The van der Waals surface area contributed by atoms with Crippen molar-refractivity contribution in [1.29, 1.82) is 0 Å². The molecular formula is C25H40N2O. The molecule has 28 heavy (non-hydrogen) atoms. The molecule has 0 fully saturated rings. The van der Waals surface area contributed by atoms with Crippen molar-refractivity contribution in [2.45, 2.75) is 75.2 Å². The molecule has 0 spiro atoms. The molecule has 0 amide bonds. The van der Waals surface area contributed by atoms with Gasteiger partial charge in [-0.2, -0.15) is 0 Å². The summed E-state index contributed by atoms with van der Waals surface area (Å²) < 4.78 is 5.83. The van der Waals surface area contributed by atoms with E-state index in [9.17, 15) is 0 Å². The summed E-state index contributed by atoms with van der Waals surface area (Å²) >= 11 is 0. The van der Waals surface area contributed by atoms with Crippen molar-refractivity contribution in [2.75, 3.05) is 6.61 Å². The summed E-state index contributed by atoms with van der Waals surface area (Å²) in [6.07, 6.45) is 2.00. The van der Waals surface area contributed by atoms with E-state index in [1.54, 1.807) is 0 Å². The fourth-order valence-electron chi connectivity index (χ4n) is 2.70. The van der Waals surface area contributed by atoms with Gasteiger partial charge in [-0.25, -0.2) is 4.98 Å². The summed E-state index contributed by atoms with van der Waals surface area (Å²) in [4.78, 5) is 7.75. The Bertz CT molecular complexity index is 790. The van der Waals surface area contributed by atoms with Crippen LogP contribution in [0.2, 0.25) is 0 Å². The first-order chi connectivity index (χ1) is 13.7. The molecule has 0 atom stereocenters. The number of imidazole rings is 1. The largest absolute Gasteiger partial charge is 0.493 e. The molecule has 1 heterocycles. The summed E-state index contributed by atoms with van der Waals surface area (Å²) in [5.74, 6) is 1.95. The topological polar surface area (TPSA) is 37.9 Å². The summed E-state index contributed by atoms with van der Waals surface area (Å²) in [5, 5.41) is 0. The Morgan fingerprint density at radius 3 is 2.07 bits per heavy atom. The van der Waals surface area contributed by atoms with Crippen molar-refractivity contribution >= 4 is 11.0 Å². The molecule has 0 radical (unpaired) electrons. The number of H-pyrrole nitrogens is 1. The highest BCUT2D eigenvalue weighted by molar-refractivity contribution is 5.82. The lowest BCUT2D eigenvalue weighted by Gasteiger charge is -2.12. The molecule has 3 rings (SSSR count). The zero-order chi connectivity index (χ0) is 21.5. The van der Waals surface area contributed by atoms with E-state index in [4.69, 9.17) is 4.74 Å². The van der Waals surface area contributed by atoms with Gasteiger partial charge in [0.1, 0.15) is 11.6 Å². The van der Waals surface area contributed by atoms with Gasteiger partial charge in [-0.1, -0.05) is 67.5 Å². The van der Waals surface area contributed by atoms with Crippen LogP contribution in [0.25, 0.3) is 22.2 Å². The van der Waals surface area contributed by atoms with Crippen molar-refractivity contribution < 1.29 is 4.74 Å². The lowest BCUT2D eigenvalue weighted by molar-refractivity contribution is 0.314. The SMILES string of the molecule is CC.CC.CC.CCCOc1ccc(-c2ccc3nc(C)[nH]c3c2)cc1CC. The lowest BCUT2D eigenvalue weighted by atomic mass is 10.0. The Morgan fingerprint density at radius 2 is 1.46 bits per heavy atom. The lowest BCUT2D eigenvalue weighted by Crippen LogP contribution is -1.98. The number of aryl methyl sites for hydroxylation is 2. The molecule has 2 aromatic carbocycles. The van der Waals surface area contributed by atoms with Crippen molar-refractivity contribution in [2.24, 2.45) is 0 Å². The number of aromatic nitrogens is 2. The van der Waals surface area contributed by atoms with Crippen LogP contribution in [0.15, 0.2) is 36.4 Å². The van der Waals surface area contributed by atoms with E-state index in [1.807, 2.05) is 48.5 Å². The zero-order valence-electron chi connectivity index (χ0n) is 19.4. The predicted octanol–water partition coefficient (Wildman–Crippen LogP) is 7.97. The van der Waals surface area contributed by atoms with Gasteiger partial charge in [0.15, 0.2) is 0 Å². The Hall–Kier alpha value is -2.29. The molecule has 3 nitrogen and oxygen atoms in total. The fourth-order valence-corrected chi connectivity index (χ4v) is 2.70. The number of nitrogens with one attached hydrogen (secondary N) is 1. The van der Waals surface area contributed by atoms with Gasteiger partial charge in [-0.15, -0.1) is 0 Å². The number of fused-ring (bicyclic) bond motifs is 1. The van der Waals surface area contributed by atoms with Crippen LogP contribution < -0.4 is 4.74 Å². The molecule has 0 saturated heterocycles. The number of aromatic amines is 1. The third-order valence-electron chi connectivity index (χ3n) is 3.84. The van der Waals surface area contributed by atoms with Crippen LogP contribution in [0.3, 0.4) is 0 Å². The fraction of sp³-hybridized carbons (Fsp3) is 0.480. The molecule has 0 unspecified atom stereocenters. The van der Waals surface area contributed by atoms with E-state index in [2.05, 4.69) is 60.2 Å². The first-order valence-electron chi connectivity index (χ1n) is 10.9. The summed E-state index contributed by atoms with van der Waals surface area (Å²) in [5.41, 5.74) is 5.77. The molecule has 1 aromatic heterocycles. The van der Waals surface area contributed by atoms with Gasteiger partial charge in [0.25, 0.3) is 0 Å². The molecule has 0 saturated carbocycles. The van der Waals surface area contributed by atoms with Gasteiger partial charge < -0.3 is 9.72 Å². The Morgan fingerprint density at radius 1 is 0.857 bits per heavy atom. The molecule has 0 aliphatic heterocycles. The maximum Gasteiger partial charge on any atom is 0.122 e. The molecule has 156 valence electrons. The average Bonchev–Trinajstić information content (AvgIpc) is 3.15. The van der Waals surface area contributed by atoms with Crippen LogP contribution >= 0.6 is 0 Å². The van der Waals surface area contributed by atoms with Gasteiger partial charge in [0.2, 0.25) is 0 Å².